The Hall–Kier alpha value is -2.34. The lowest BCUT2D eigenvalue weighted by atomic mass is 9.74. The van der Waals surface area contributed by atoms with Gasteiger partial charge in [-0.05, 0) is 55.9 Å². The van der Waals surface area contributed by atoms with E-state index in [1.54, 1.807) is 0 Å². The molecule has 0 radical (unpaired) electrons. The van der Waals surface area contributed by atoms with E-state index in [-0.39, 0.29) is 30.4 Å². The summed E-state index contributed by atoms with van der Waals surface area (Å²) in [5.41, 5.74) is 3.87. The molecule has 0 spiro atoms. The predicted octanol–water partition coefficient (Wildman–Crippen LogP) is 2.40. The third kappa shape index (κ3) is 3.21. The average molecular weight is 356 g/mol. The summed E-state index contributed by atoms with van der Waals surface area (Å²) in [6.45, 7) is 4.38. The van der Waals surface area contributed by atoms with E-state index in [9.17, 15) is 9.90 Å². The Morgan fingerprint density at radius 1 is 1.38 bits per heavy atom. The number of carbonyl (C=O) groups excluding carboxylic acids is 1. The Balaban J connectivity index is 1.53. The second-order valence-electron chi connectivity index (χ2n) is 7.38. The number of fused-ring (bicyclic) bond motifs is 1. The molecule has 1 atom stereocenters. The molecule has 1 aliphatic carbocycles. The quantitative estimate of drug-likeness (QED) is 0.859. The van der Waals surface area contributed by atoms with Crippen molar-refractivity contribution in [2.75, 3.05) is 6.61 Å². The molecule has 138 valence electrons. The van der Waals surface area contributed by atoms with Crippen molar-refractivity contribution < 1.29 is 19.2 Å². The second kappa shape index (κ2) is 6.76. The minimum Gasteiger partial charge on any atom is -0.493 e. The summed E-state index contributed by atoms with van der Waals surface area (Å²) in [6, 6.07) is 6.04. The molecule has 2 aliphatic rings. The number of nitrogens with one attached hydrogen (secondary N) is 1. The number of nitrogens with zero attached hydrogens (tertiary/aromatic N) is 1. The van der Waals surface area contributed by atoms with Crippen LogP contribution in [0, 0.1) is 19.8 Å². The fourth-order valence-electron chi connectivity index (χ4n) is 3.91. The van der Waals surface area contributed by atoms with Crippen LogP contribution in [-0.4, -0.2) is 28.9 Å². The zero-order chi connectivity index (χ0) is 18.3. The maximum Gasteiger partial charge on any atom is 0.225 e. The largest absolute Gasteiger partial charge is 0.493 e. The first-order valence-corrected chi connectivity index (χ1v) is 9.16. The van der Waals surface area contributed by atoms with Gasteiger partial charge in [0, 0.05) is 12.0 Å². The van der Waals surface area contributed by atoms with E-state index in [1.807, 2.05) is 26.0 Å². The monoisotopic (exact) mass is 356 g/mol. The van der Waals surface area contributed by atoms with Gasteiger partial charge in [0.15, 0.2) is 0 Å². The van der Waals surface area contributed by atoms with Crippen molar-refractivity contribution in [2.45, 2.75) is 51.7 Å². The molecule has 6 heteroatoms. The van der Waals surface area contributed by atoms with E-state index in [4.69, 9.17) is 9.26 Å². The zero-order valence-corrected chi connectivity index (χ0v) is 15.1. The minimum atomic E-state index is -0.264. The highest BCUT2D eigenvalue weighted by Gasteiger charge is 2.36. The summed E-state index contributed by atoms with van der Waals surface area (Å²) in [5.74, 6) is 1.81. The van der Waals surface area contributed by atoms with Crippen LogP contribution in [0.5, 0.6) is 5.75 Å². The first-order chi connectivity index (χ1) is 12.5. The maximum atomic E-state index is 12.7. The van der Waals surface area contributed by atoms with Crippen LogP contribution in [0.25, 0.3) is 0 Å². The van der Waals surface area contributed by atoms with E-state index < -0.39 is 0 Å². The highest BCUT2D eigenvalue weighted by atomic mass is 16.5. The maximum absolute atomic E-state index is 12.7. The topological polar surface area (TPSA) is 84.6 Å². The number of aliphatic hydroxyl groups is 1. The Kier molecular flexibility index (Phi) is 4.44. The molecule has 0 saturated heterocycles. The van der Waals surface area contributed by atoms with Gasteiger partial charge in [0.25, 0.3) is 0 Å². The molecule has 6 nitrogen and oxygen atoms in total. The van der Waals surface area contributed by atoms with Gasteiger partial charge in [0.1, 0.15) is 11.5 Å². The number of aromatic nitrogens is 1. The Morgan fingerprint density at radius 3 is 2.88 bits per heavy atom. The number of carbonyl (C=O) groups is 1. The summed E-state index contributed by atoms with van der Waals surface area (Å²) in [7, 11) is 0. The number of aliphatic hydroxyl groups excluding tert-OH is 1. The second-order valence-corrected chi connectivity index (χ2v) is 7.38. The molecular weight excluding hydrogens is 332 g/mol. The van der Waals surface area contributed by atoms with E-state index in [2.05, 4.69) is 16.5 Å². The lowest BCUT2D eigenvalue weighted by Crippen LogP contribution is -2.42. The summed E-state index contributed by atoms with van der Waals surface area (Å²) in [6.07, 6.45) is 2.31. The summed E-state index contributed by atoms with van der Waals surface area (Å²) < 4.78 is 10.7. The molecule has 1 fully saturated rings. The third-order valence-corrected chi connectivity index (χ3v) is 5.53. The van der Waals surface area contributed by atoms with Crippen LogP contribution < -0.4 is 10.1 Å². The van der Waals surface area contributed by atoms with Crippen LogP contribution in [0.15, 0.2) is 22.7 Å². The molecule has 26 heavy (non-hydrogen) atoms. The first-order valence-electron chi connectivity index (χ1n) is 9.16. The fourth-order valence-corrected chi connectivity index (χ4v) is 3.91. The van der Waals surface area contributed by atoms with Crippen molar-refractivity contribution >= 4 is 5.91 Å². The van der Waals surface area contributed by atoms with Crippen molar-refractivity contribution in [1.29, 1.82) is 0 Å². The highest BCUT2D eigenvalue weighted by Crippen LogP contribution is 2.39. The van der Waals surface area contributed by atoms with Gasteiger partial charge in [-0.1, -0.05) is 11.2 Å². The van der Waals surface area contributed by atoms with E-state index >= 15 is 0 Å². The number of aryl methyl sites for hydroxylation is 2. The lowest BCUT2D eigenvalue weighted by molar-refractivity contribution is -0.122. The smallest absolute Gasteiger partial charge is 0.225 e. The number of amides is 1. The lowest BCUT2D eigenvalue weighted by Gasteiger charge is -2.38. The van der Waals surface area contributed by atoms with Gasteiger partial charge in [-0.2, -0.15) is 0 Å². The Bertz CT molecular complexity index is 804. The van der Waals surface area contributed by atoms with Crippen LogP contribution >= 0.6 is 0 Å². The van der Waals surface area contributed by atoms with E-state index in [1.165, 1.54) is 5.56 Å². The number of ether oxygens (including phenoxy) is 1. The van der Waals surface area contributed by atoms with Crippen molar-refractivity contribution in [3.8, 4) is 5.75 Å². The Labute approximate surface area is 152 Å². The number of hydrogen-bond acceptors (Lipinski definition) is 5. The van der Waals surface area contributed by atoms with Crippen molar-refractivity contribution in [2.24, 2.45) is 5.92 Å². The van der Waals surface area contributed by atoms with E-state index in [0.29, 0.717) is 25.2 Å². The van der Waals surface area contributed by atoms with Crippen LogP contribution in [0.2, 0.25) is 0 Å². The number of benzene rings is 1. The molecule has 2 aromatic rings. The van der Waals surface area contributed by atoms with Gasteiger partial charge in [-0.25, -0.2) is 0 Å². The highest BCUT2D eigenvalue weighted by molar-refractivity contribution is 5.79. The SMILES string of the molecule is Cc1noc(C)c1CC(=O)N[C@H](c1ccc2c(c1)CCO2)C1CC(O)C1. The molecule has 0 bridgehead atoms. The Morgan fingerprint density at radius 2 is 2.19 bits per heavy atom. The molecule has 2 heterocycles. The van der Waals surface area contributed by atoms with Gasteiger partial charge in [-0.15, -0.1) is 0 Å². The van der Waals surface area contributed by atoms with Crippen LogP contribution in [0.1, 0.15) is 47.0 Å². The number of hydrogen-bond donors (Lipinski definition) is 2. The average Bonchev–Trinajstić information content (AvgIpc) is 3.18. The molecular formula is C20H24N2O4. The van der Waals surface area contributed by atoms with Gasteiger partial charge in [0.2, 0.25) is 5.91 Å². The summed E-state index contributed by atoms with van der Waals surface area (Å²) in [5, 5.41) is 16.8. The zero-order valence-electron chi connectivity index (χ0n) is 15.1. The third-order valence-electron chi connectivity index (χ3n) is 5.53. The predicted molar refractivity (Wildman–Crippen MR) is 94.9 cm³/mol. The molecule has 1 aliphatic heterocycles. The van der Waals surface area contributed by atoms with Gasteiger partial charge in [0.05, 0.1) is 30.9 Å². The van der Waals surface area contributed by atoms with Crippen molar-refractivity contribution in [1.82, 2.24) is 10.5 Å². The van der Waals surface area contributed by atoms with Gasteiger partial charge < -0.3 is 19.7 Å². The van der Waals surface area contributed by atoms with Crippen LogP contribution in [-0.2, 0) is 17.6 Å². The van der Waals surface area contributed by atoms with Gasteiger partial charge in [-0.3, -0.25) is 4.79 Å². The molecule has 2 N–H and O–H groups in total. The molecule has 1 saturated carbocycles. The van der Waals surface area contributed by atoms with Crippen LogP contribution in [0.3, 0.4) is 0 Å². The minimum absolute atomic E-state index is 0.0532. The molecule has 1 aromatic carbocycles. The van der Waals surface area contributed by atoms with Crippen LogP contribution in [0.4, 0.5) is 0 Å². The summed E-state index contributed by atoms with van der Waals surface area (Å²) in [4.78, 5) is 12.7. The van der Waals surface area contributed by atoms with E-state index in [0.717, 1.165) is 29.0 Å². The molecule has 1 amide bonds. The van der Waals surface area contributed by atoms with Gasteiger partial charge >= 0.3 is 0 Å². The summed E-state index contributed by atoms with van der Waals surface area (Å²) >= 11 is 0. The normalized spacial score (nSPS) is 22.3. The molecule has 1 aromatic heterocycles. The standard InChI is InChI=1S/C20H24N2O4/c1-11-17(12(2)26-22-11)10-19(24)21-20(15-8-16(23)9-15)14-3-4-18-13(7-14)5-6-25-18/h3-4,7,15-16,20,23H,5-6,8-10H2,1-2H3,(H,21,24)/t15?,16?,20-/m1/s1. The molecule has 0 unspecified atom stereocenters. The number of rotatable bonds is 5. The first kappa shape index (κ1) is 17.1. The molecule has 4 rings (SSSR count). The van der Waals surface area contributed by atoms with Crippen molar-refractivity contribution in [3.05, 3.63) is 46.3 Å². The fraction of sp³-hybridized carbons (Fsp3) is 0.500. The van der Waals surface area contributed by atoms with Crippen molar-refractivity contribution in [3.63, 3.8) is 0 Å².